The Hall–Kier alpha value is -3.86. The molecule has 0 amide bonds. The molecule has 11 nitrogen and oxygen atoms in total. The number of nitrogens with two attached hydrogens (primary N) is 4. The van der Waals surface area contributed by atoms with Gasteiger partial charge in [-0.2, -0.15) is 0 Å². The lowest BCUT2D eigenvalue weighted by molar-refractivity contribution is -0.137. The largest absolute Gasteiger partial charge is 0.506 e. The Bertz CT molecular complexity index is 970. The molecule has 0 bridgehead atoms. The summed E-state index contributed by atoms with van der Waals surface area (Å²) in [4.78, 5) is 22.6. The fraction of sp³-hybridized carbons (Fsp3) is 0.176. The molecule has 0 aliphatic heterocycles. The number of hydrazine groups is 1. The van der Waals surface area contributed by atoms with Crippen molar-refractivity contribution in [1.82, 2.24) is 15.0 Å². The monoisotopic (exact) mass is 386 g/mol. The highest BCUT2D eigenvalue weighted by atomic mass is 16.4. The van der Waals surface area contributed by atoms with Gasteiger partial charge >= 0.3 is 5.97 Å². The predicted octanol–water partition coefficient (Wildman–Crippen LogP) is -0.263. The summed E-state index contributed by atoms with van der Waals surface area (Å²) in [5.41, 5.74) is 18.7. The fourth-order valence-corrected chi connectivity index (χ4v) is 2.25. The average molecular weight is 386 g/mol. The normalized spacial score (nSPS) is 13.8. The number of aromatic hydroxyl groups is 1. The molecular formula is C17H22N8O3. The third-order valence-electron chi connectivity index (χ3n) is 3.62. The van der Waals surface area contributed by atoms with Gasteiger partial charge in [-0.3, -0.25) is 4.99 Å². The maximum absolute atomic E-state index is 10.7. The number of carboxylic acid groups (broad SMARTS) is 1. The van der Waals surface area contributed by atoms with Crippen molar-refractivity contribution in [2.24, 2.45) is 22.3 Å². The second-order valence-corrected chi connectivity index (χ2v) is 5.91. The van der Waals surface area contributed by atoms with Gasteiger partial charge in [-0.15, -0.1) is 0 Å². The van der Waals surface area contributed by atoms with E-state index in [9.17, 15) is 9.90 Å². The van der Waals surface area contributed by atoms with Crippen LogP contribution in [-0.4, -0.2) is 50.0 Å². The number of nitrogen functional groups attached to an aromatic ring is 1. The first-order valence-electron chi connectivity index (χ1n) is 8.14. The van der Waals surface area contributed by atoms with E-state index in [4.69, 9.17) is 28.2 Å². The number of aliphatic imine (C=N–C) groups is 1. The Labute approximate surface area is 160 Å². The lowest BCUT2D eigenvalue weighted by atomic mass is 10.1. The molecule has 0 radical (unpaired) electrons. The molecule has 1 aromatic carbocycles. The van der Waals surface area contributed by atoms with Crippen LogP contribution in [0.1, 0.15) is 12.6 Å². The summed E-state index contributed by atoms with van der Waals surface area (Å²) in [5, 5.41) is 20.4. The first-order valence-corrected chi connectivity index (χ1v) is 8.14. The molecule has 11 heteroatoms. The van der Waals surface area contributed by atoms with Crippen molar-refractivity contribution >= 4 is 34.7 Å². The number of hydrogen-bond acceptors (Lipinski definition) is 10. The Morgan fingerprint density at radius 2 is 2.07 bits per heavy atom. The Morgan fingerprint density at radius 1 is 1.36 bits per heavy atom. The van der Waals surface area contributed by atoms with Crippen LogP contribution in [0, 0.1) is 0 Å². The van der Waals surface area contributed by atoms with Crippen LogP contribution in [0.3, 0.4) is 0 Å². The van der Waals surface area contributed by atoms with Crippen molar-refractivity contribution < 1.29 is 15.0 Å². The van der Waals surface area contributed by atoms with Gasteiger partial charge < -0.3 is 32.4 Å². The third-order valence-corrected chi connectivity index (χ3v) is 3.62. The molecule has 0 aliphatic carbocycles. The number of allylic oxidation sites excluding steroid dienone is 1. The SMILES string of the molecule is CC(N=CC=C(N)CN(N)/C=C(\N)c1nc(N)nc2c(O)cccc12)C(=O)O. The van der Waals surface area contributed by atoms with E-state index >= 15 is 0 Å². The first kappa shape index (κ1) is 20.5. The molecule has 10 N–H and O–H groups in total. The molecule has 1 aromatic heterocycles. The Morgan fingerprint density at radius 3 is 2.75 bits per heavy atom. The van der Waals surface area contributed by atoms with Crippen LogP contribution in [0.25, 0.3) is 16.6 Å². The molecule has 1 unspecified atom stereocenters. The molecule has 0 spiro atoms. The number of aliphatic carboxylic acids is 1. The van der Waals surface area contributed by atoms with Crippen LogP contribution in [0.4, 0.5) is 5.95 Å². The predicted molar refractivity (Wildman–Crippen MR) is 107 cm³/mol. The molecule has 2 rings (SSSR count). The zero-order chi connectivity index (χ0) is 20.8. The number of carboxylic acids is 1. The van der Waals surface area contributed by atoms with Crippen LogP contribution in [0.15, 0.2) is 41.2 Å². The standard InChI is InChI=1S/C17H22N8O3/c1-9(16(27)28)22-6-5-10(18)7-25(21)8-12(19)14-11-3-2-4-13(26)15(11)24-17(20)23-14/h2-6,8-9,26H,7,18-19,21H2,1H3,(H,27,28)(H2,20,23,24)/b10-5?,12-8-,22-6?. The lowest BCUT2D eigenvalue weighted by Gasteiger charge is -2.15. The van der Waals surface area contributed by atoms with Crippen LogP contribution in [-0.2, 0) is 4.79 Å². The van der Waals surface area contributed by atoms with E-state index in [1.807, 2.05) is 0 Å². The number of rotatable bonds is 7. The van der Waals surface area contributed by atoms with Gasteiger partial charge in [0.15, 0.2) is 0 Å². The minimum absolute atomic E-state index is 0.0488. The quantitative estimate of drug-likeness (QED) is 0.209. The Balaban J connectivity index is 2.20. The molecule has 1 heterocycles. The van der Waals surface area contributed by atoms with Gasteiger partial charge in [0, 0.05) is 23.5 Å². The van der Waals surface area contributed by atoms with Crippen LogP contribution < -0.4 is 23.0 Å². The van der Waals surface area contributed by atoms with Crippen molar-refractivity contribution in [2.75, 3.05) is 12.3 Å². The maximum atomic E-state index is 10.7. The molecule has 0 fully saturated rings. The van der Waals surface area contributed by atoms with Crippen molar-refractivity contribution in [3.8, 4) is 5.75 Å². The summed E-state index contributed by atoms with van der Waals surface area (Å²) in [7, 11) is 0. The van der Waals surface area contributed by atoms with Gasteiger partial charge in [0.2, 0.25) is 5.95 Å². The van der Waals surface area contributed by atoms with E-state index in [1.54, 1.807) is 12.1 Å². The van der Waals surface area contributed by atoms with Gasteiger partial charge in [-0.1, -0.05) is 12.1 Å². The van der Waals surface area contributed by atoms with Crippen LogP contribution in [0.5, 0.6) is 5.75 Å². The summed E-state index contributed by atoms with van der Waals surface area (Å²) in [6.07, 6.45) is 4.15. The summed E-state index contributed by atoms with van der Waals surface area (Å²) >= 11 is 0. The van der Waals surface area contributed by atoms with Crippen LogP contribution in [0.2, 0.25) is 0 Å². The zero-order valence-electron chi connectivity index (χ0n) is 15.1. The number of para-hydroxylation sites is 1. The number of fused-ring (bicyclic) bond motifs is 1. The number of phenols is 1. The number of carbonyl (C=O) groups is 1. The number of hydrogen-bond donors (Lipinski definition) is 6. The topological polar surface area (TPSA) is 203 Å². The summed E-state index contributed by atoms with van der Waals surface area (Å²) in [5.74, 6) is 4.76. The van der Waals surface area contributed by atoms with E-state index in [1.165, 1.54) is 36.5 Å². The second kappa shape index (κ2) is 8.68. The van der Waals surface area contributed by atoms with Gasteiger partial charge in [-0.05, 0) is 19.1 Å². The highest BCUT2D eigenvalue weighted by Crippen LogP contribution is 2.27. The summed E-state index contributed by atoms with van der Waals surface area (Å²) in [6, 6.07) is 3.93. The molecule has 0 saturated carbocycles. The average Bonchev–Trinajstić information content (AvgIpc) is 2.61. The van der Waals surface area contributed by atoms with E-state index in [2.05, 4.69) is 15.0 Å². The minimum atomic E-state index is -1.04. The number of phenolic OH excluding ortho intramolecular Hbond substituents is 1. The fourth-order valence-electron chi connectivity index (χ4n) is 2.25. The van der Waals surface area contributed by atoms with Crippen molar-refractivity contribution in [1.29, 1.82) is 0 Å². The van der Waals surface area contributed by atoms with E-state index in [0.717, 1.165) is 0 Å². The lowest BCUT2D eigenvalue weighted by Crippen LogP contribution is -2.30. The molecular weight excluding hydrogens is 364 g/mol. The number of benzene rings is 1. The first-order chi connectivity index (χ1) is 13.2. The van der Waals surface area contributed by atoms with Gasteiger partial charge in [0.05, 0.1) is 12.2 Å². The van der Waals surface area contributed by atoms with Gasteiger partial charge in [0.1, 0.15) is 23.0 Å². The number of nitrogens with zero attached hydrogens (tertiary/aromatic N) is 4. The molecule has 148 valence electrons. The van der Waals surface area contributed by atoms with Crippen molar-refractivity contribution in [3.05, 3.63) is 41.9 Å². The van der Waals surface area contributed by atoms with E-state index in [0.29, 0.717) is 16.8 Å². The van der Waals surface area contributed by atoms with Gasteiger partial charge in [-0.25, -0.2) is 20.6 Å². The van der Waals surface area contributed by atoms with Crippen LogP contribution >= 0.6 is 0 Å². The summed E-state index contributed by atoms with van der Waals surface area (Å²) in [6.45, 7) is 1.54. The molecule has 2 aromatic rings. The molecule has 28 heavy (non-hydrogen) atoms. The highest BCUT2D eigenvalue weighted by Gasteiger charge is 2.12. The maximum Gasteiger partial charge on any atom is 0.328 e. The summed E-state index contributed by atoms with van der Waals surface area (Å²) < 4.78 is 0. The highest BCUT2D eigenvalue weighted by molar-refractivity contribution is 5.93. The van der Waals surface area contributed by atoms with Gasteiger partial charge in [0.25, 0.3) is 0 Å². The third kappa shape index (κ3) is 5.08. The van der Waals surface area contributed by atoms with Crippen molar-refractivity contribution in [2.45, 2.75) is 13.0 Å². The molecule has 1 atom stereocenters. The smallest absolute Gasteiger partial charge is 0.328 e. The zero-order valence-corrected chi connectivity index (χ0v) is 15.1. The van der Waals surface area contributed by atoms with Crippen molar-refractivity contribution in [3.63, 3.8) is 0 Å². The second-order valence-electron chi connectivity index (χ2n) is 5.91. The number of anilines is 1. The minimum Gasteiger partial charge on any atom is -0.506 e. The van der Waals surface area contributed by atoms with E-state index < -0.39 is 12.0 Å². The molecule has 0 aliphatic rings. The Kier molecular flexibility index (Phi) is 6.34. The number of aromatic nitrogens is 2. The molecule has 0 saturated heterocycles. The van der Waals surface area contributed by atoms with E-state index in [-0.39, 0.29) is 29.5 Å².